The van der Waals surface area contributed by atoms with E-state index in [-0.39, 0.29) is 5.97 Å². The summed E-state index contributed by atoms with van der Waals surface area (Å²) in [6.07, 6.45) is 0.337. The summed E-state index contributed by atoms with van der Waals surface area (Å²) in [5.74, 6) is 0.705. The predicted octanol–water partition coefficient (Wildman–Crippen LogP) is 2.66. The Morgan fingerprint density at radius 2 is 2.21 bits per heavy atom. The summed E-state index contributed by atoms with van der Waals surface area (Å²) in [5.41, 5.74) is 0. The van der Waals surface area contributed by atoms with Gasteiger partial charge in [0.25, 0.3) is 0 Å². The molecule has 76 valence electrons. The molecule has 1 aromatic carbocycles. The van der Waals surface area contributed by atoms with Gasteiger partial charge in [-0.3, -0.25) is 4.79 Å². The molecule has 0 aliphatic carbocycles. The van der Waals surface area contributed by atoms with E-state index in [2.05, 4.69) is 0 Å². The van der Waals surface area contributed by atoms with Crippen LogP contribution in [-0.4, -0.2) is 13.1 Å². The largest absolute Gasteiger partial charge is 0.495 e. The van der Waals surface area contributed by atoms with Gasteiger partial charge in [-0.25, -0.2) is 0 Å². The van der Waals surface area contributed by atoms with Gasteiger partial charge in [-0.1, -0.05) is 18.5 Å². The molecule has 0 heterocycles. The Bertz CT molecular complexity index is 336. The molecule has 0 fully saturated rings. The molecule has 1 aromatic rings. The van der Waals surface area contributed by atoms with E-state index in [1.54, 1.807) is 25.1 Å². The summed E-state index contributed by atoms with van der Waals surface area (Å²) in [6.45, 7) is 1.73. The van der Waals surface area contributed by atoms with Crippen LogP contribution in [0.15, 0.2) is 18.2 Å². The number of halogens is 1. The van der Waals surface area contributed by atoms with Crippen molar-refractivity contribution in [3.8, 4) is 11.5 Å². The topological polar surface area (TPSA) is 35.5 Å². The van der Waals surface area contributed by atoms with Crippen LogP contribution >= 0.6 is 11.6 Å². The molecule has 0 atom stereocenters. The van der Waals surface area contributed by atoms with E-state index in [0.717, 1.165) is 0 Å². The second kappa shape index (κ2) is 4.86. The van der Waals surface area contributed by atoms with Crippen LogP contribution in [0, 0.1) is 0 Å². The lowest BCUT2D eigenvalue weighted by Crippen LogP contribution is -2.05. The zero-order valence-corrected chi connectivity index (χ0v) is 8.80. The van der Waals surface area contributed by atoms with Crippen LogP contribution in [0.5, 0.6) is 11.5 Å². The van der Waals surface area contributed by atoms with E-state index in [4.69, 9.17) is 21.1 Å². The third-order valence-corrected chi connectivity index (χ3v) is 1.94. The highest BCUT2D eigenvalue weighted by atomic mass is 35.5. The van der Waals surface area contributed by atoms with Gasteiger partial charge in [0, 0.05) is 12.5 Å². The standard InChI is InChI=1S/C10H11ClO3/c1-3-10(12)14-7-4-5-9(13-2)8(11)6-7/h4-6H,3H2,1-2H3. The monoisotopic (exact) mass is 214 g/mol. The van der Waals surface area contributed by atoms with E-state index >= 15 is 0 Å². The van der Waals surface area contributed by atoms with Crippen molar-refractivity contribution in [2.75, 3.05) is 7.11 Å². The van der Waals surface area contributed by atoms with Crippen LogP contribution in [0.2, 0.25) is 5.02 Å². The van der Waals surface area contributed by atoms with Gasteiger partial charge >= 0.3 is 5.97 Å². The Labute approximate surface area is 87.6 Å². The first kappa shape index (κ1) is 10.9. The van der Waals surface area contributed by atoms with Gasteiger partial charge in [0.1, 0.15) is 11.5 Å². The molecular formula is C10H11ClO3. The maximum Gasteiger partial charge on any atom is 0.310 e. The molecule has 0 bridgehead atoms. The van der Waals surface area contributed by atoms with Gasteiger partial charge in [-0.2, -0.15) is 0 Å². The molecule has 0 aliphatic heterocycles. The van der Waals surface area contributed by atoms with E-state index in [1.807, 2.05) is 0 Å². The summed E-state index contributed by atoms with van der Waals surface area (Å²) >= 11 is 5.84. The fourth-order valence-electron chi connectivity index (χ4n) is 0.914. The van der Waals surface area contributed by atoms with Gasteiger partial charge < -0.3 is 9.47 Å². The van der Waals surface area contributed by atoms with Crippen molar-refractivity contribution < 1.29 is 14.3 Å². The van der Waals surface area contributed by atoms with E-state index in [0.29, 0.717) is 22.9 Å². The third kappa shape index (κ3) is 2.64. The molecule has 0 aromatic heterocycles. The molecular weight excluding hydrogens is 204 g/mol. The van der Waals surface area contributed by atoms with Gasteiger partial charge in [0.2, 0.25) is 0 Å². The molecule has 14 heavy (non-hydrogen) atoms. The Hall–Kier alpha value is -1.22. The number of methoxy groups -OCH3 is 1. The summed E-state index contributed by atoms with van der Waals surface area (Å²) in [6, 6.07) is 4.84. The van der Waals surface area contributed by atoms with Crippen molar-refractivity contribution >= 4 is 17.6 Å². The number of carbonyl (C=O) groups is 1. The lowest BCUT2D eigenvalue weighted by Gasteiger charge is -2.05. The normalized spacial score (nSPS) is 9.64. The smallest absolute Gasteiger partial charge is 0.310 e. The van der Waals surface area contributed by atoms with E-state index in [1.165, 1.54) is 7.11 Å². The number of ether oxygens (including phenoxy) is 2. The quantitative estimate of drug-likeness (QED) is 0.573. The Kier molecular flexibility index (Phi) is 3.77. The first-order chi connectivity index (χ1) is 6.67. The highest BCUT2D eigenvalue weighted by molar-refractivity contribution is 6.32. The van der Waals surface area contributed by atoms with Crippen molar-refractivity contribution in [3.05, 3.63) is 23.2 Å². The van der Waals surface area contributed by atoms with Crippen LogP contribution in [0.1, 0.15) is 13.3 Å². The van der Waals surface area contributed by atoms with Crippen LogP contribution in [-0.2, 0) is 4.79 Å². The van der Waals surface area contributed by atoms with Crippen LogP contribution < -0.4 is 9.47 Å². The molecule has 4 heteroatoms. The minimum absolute atomic E-state index is 0.286. The second-order valence-corrected chi connectivity index (χ2v) is 3.03. The Morgan fingerprint density at radius 1 is 1.50 bits per heavy atom. The van der Waals surface area contributed by atoms with Gasteiger partial charge in [-0.05, 0) is 12.1 Å². The summed E-state index contributed by atoms with van der Waals surface area (Å²) in [4.78, 5) is 11.0. The molecule has 0 saturated heterocycles. The molecule has 0 N–H and O–H groups in total. The van der Waals surface area contributed by atoms with Gasteiger partial charge in [0.15, 0.2) is 0 Å². The fourth-order valence-corrected chi connectivity index (χ4v) is 1.16. The number of rotatable bonds is 3. The van der Waals surface area contributed by atoms with Crippen LogP contribution in [0.25, 0.3) is 0 Å². The van der Waals surface area contributed by atoms with Crippen LogP contribution in [0.4, 0.5) is 0 Å². The minimum Gasteiger partial charge on any atom is -0.495 e. The average Bonchev–Trinajstić information content (AvgIpc) is 2.18. The van der Waals surface area contributed by atoms with Crippen molar-refractivity contribution in [3.63, 3.8) is 0 Å². The van der Waals surface area contributed by atoms with Crippen molar-refractivity contribution in [1.82, 2.24) is 0 Å². The molecule has 0 spiro atoms. The molecule has 1 rings (SSSR count). The number of hydrogen-bond donors (Lipinski definition) is 0. The van der Waals surface area contributed by atoms with Crippen molar-refractivity contribution in [2.24, 2.45) is 0 Å². The lowest BCUT2D eigenvalue weighted by atomic mass is 10.3. The summed E-state index contributed by atoms with van der Waals surface area (Å²) in [5, 5.41) is 0.425. The Balaban J connectivity index is 2.81. The molecule has 0 radical (unpaired) electrons. The van der Waals surface area contributed by atoms with E-state index in [9.17, 15) is 4.79 Å². The molecule has 0 aliphatic rings. The van der Waals surface area contributed by atoms with Gasteiger partial charge in [0.05, 0.1) is 12.1 Å². The summed E-state index contributed by atoms with van der Waals surface area (Å²) in [7, 11) is 1.53. The van der Waals surface area contributed by atoms with Crippen molar-refractivity contribution in [1.29, 1.82) is 0 Å². The first-order valence-corrected chi connectivity index (χ1v) is 4.59. The molecule has 0 amide bonds. The number of carbonyl (C=O) groups excluding carboxylic acids is 1. The predicted molar refractivity (Wildman–Crippen MR) is 53.9 cm³/mol. The second-order valence-electron chi connectivity index (χ2n) is 2.62. The maximum atomic E-state index is 11.0. The SMILES string of the molecule is CCC(=O)Oc1ccc(OC)c(Cl)c1. The van der Waals surface area contributed by atoms with Gasteiger partial charge in [-0.15, -0.1) is 0 Å². The van der Waals surface area contributed by atoms with Crippen molar-refractivity contribution in [2.45, 2.75) is 13.3 Å². The number of esters is 1. The highest BCUT2D eigenvalue weighted by Gasteiger charge is 2.05. The highest BCUT2D eigenvalue weighted by Crippen LogP contribution is 2.28. The maximum absolute atomic E-state index is 11.0. The van der Waals surface area contributed by atoms with Crippen LogP contribution in [0.3, 0.4) is 0 Å². The number of benzene rings is 1. The number of hydrogen-bond acceptors (Lipinski definition) is 3. The zero-order chi connectivity index (χ0) is 10.6. The zero-order valence-electron chi connectivity index (χ0n) is 8.04. The first-order valence-electron chi connectivity index (χ1n) is 4.21. The molecule has 3 nitrogen and oxygen atoms in total. The molecule has 0 unspecified atom stereocenters. The summed E-state index contributed by atoms with van der Waals surface area (Å²) < 4.78 is 9.92. The molecule has 0 saturated carbocycles. The Morgan fingerprint density at radius 3 is 2.71 bits per heavy atom. The average molecular weight is 215 g/mol. The minimum atomic E-state index is -0.286. The lowest BCUT2D eigenvalue weighted by molar-refractivity contribution is -0.134. The van der Waals surface area contributed by atoms with E-state index < -0.39 is 0 Å². The third-order valence-electron chi connectivity index (χ3n) is 1.64. The fraction of sp³-hybridized carbons (Fsp3) is 0.300.